The first-order valence-corrected chi connectivity index (χ1v) is 10.9. The van der Waals surface area contributed by atoms with Gasteiger partial charge < -0.3 is 14.9 Å². The maximum Gasteiger partial charge on any atom is 0.252 e. The van der Waals surface area contributed by atoms with Crippen LogP contribution in [-0.4, -0.2) is 38.4 Å². The molecule has 0 spiro atoms. The molecule has 6 nitrogen and oxygen atoms in total. The Hall–Kier alpha value is -2.81. The number of halogens is 1. The van der Waals surface area contributed by atoms with Gasteiger partial charge in [-0.2, -0.15) is 10.6 Å². The lowest BCUT2D eigenvalue weighted by Crippen LogP contribution is -2.30. The van der Waals surface area contributed by atoms with E-state index in [1.165, 1.54) is 12.1 Å². The van der Waals surface area contributed by atoms with Crippen LogP contribution in [0.3, 0.4) is 0 Å². The average molecular weight is 413 g/mol. The monoisotopic (exact) mass is 413 g/mol. The summed E-state index contributed by atoms with van der Waals surface area (Å²) in [4.78, 5) is 21.3. The number of rotatable bonds is 1. The van der Waals surface area contributed by atoms with Crippen LogP contribution in [0.15, 0.2) is 46.1 Å². The Morgan fingerprint density at radius 2 is 1.90 bits per heavy atom. The fourth-order valence-corrected chi connectivity index (χ4v) is 5.71. The van der Waals surface area contributed by atoms with E-state index in [1.807, 2.05) is 24.1 Å². The number of hydrogen-bond acceptors (Lipinski definition) is 4. The van der Waals surface area contributed by atoms with Crippen LogP contribution >= 0.6 is 10.6 Å². The molecule has 0 amide bonds. The summed E-state index contributed by atoms with van der Waals surface area (Å²) < 4.78 is 35.0. The lowest BCUT2D eigenvalue weighted by atomic mass is 9.99. The minimum atomic E-state index is -2.90. The van der Waals surface area contributed by atoms with Crippen molar-refractivity contribution in [1.29, 1.82) is 0 Å². The first kappa shape index (κ1) is 18.2. The molecule has 5 rings (SSSR count). The molecule has 0 bridgehead atoms. The smallest absolute Gasteiger partial charge is 0.252 e. The Morgan fingerprint density at radius 1 is 1.10 bits per heavy atom. The van der Waals surface area contributed by atoms with Crippen LogP contribution in [0.5, 0.6) is 0 Å². The van der Waals surface area contributed by atoms with Gasteiger partial charge in [-0.05, 0) is 42.8 Å². The van der Waals surface area contributed by atoms with Gasteiger partial charge in [-0.25, -0.2) is 4.39 Å². The minimum Gasteiger partial charge on any atom is -0.371 e. The van der Waals surface area contributed by atoms with Gasteiger partial charge in [0.25, 0.3) is 5.56 Å². The molecule has 2 aromatic carbocycles. The lowest BCUT2D eigenvalue weighted by molar-refractivity contribution is 0.483. The zero-order valence-corrected chi connectivity index (χ0v) is 16.7. The molecule has 3 heterocycles. The van der Waals surface area contributed by atoms with Crippen molar-refractivity contribution >= 4 is 38.2 Å². The van der Waals surface area contributed by atoms with Crippen molar-refractivity contribution in [2.75, 3.05) is 24.2 Å². The molecule has 29 heavy (non-hydrogen) atoms. The Balaban J connectivity index is 1.85. The molecule has 4 aromatic rings. The van der Waals surface area contributed by atoms with Gasteiger partial charge in [-0.1, -0.05) is 6.07 Å². The predicted molar refractivity (Wildman–Crippen MR) is 116 cm³/mol. The molecule has 0 fully saturated rings. The van der Waals surface area contributed by atoms with E-state index in [0.717, 1.165) is 5.69 Å². The molecule has 8 heteroatoms. The summed E-state index contributed by atoms with van der Waals surface area (Å²) in [6.07, 6.45) is 0. The molecule has 1 aliphatic rings. The van der Waals surface area contributed by atoms with Crippen molar-refractivity contribution in [2.45, 2.75) is 11.8 Å². The van der Waals surface area contributed by atoms with E-state index >= 15 is 0 Å². The van der Waals surface area contributed by atoms with Gasteiger partial charge >= 0.3 is 0 Å². The molecule has 0 atom stereocenters. The predicted octanol–water partition coefficient (Wildman–Crippen LogP) is 4.68. The highest BCUT2D eigenvalue weighted by atomic mass is 32.3. The highest BCUT2D eigenvalue weighted by Gasteiger charge is 2.28. The van der Waals surface area contributed by atoms with E-state index in [9.17, 15) is 18.3 Å². The number of pyridine rings is 1. The van der Waals surface area contributed by atoms with Gasteiger partial charge in [-0.15, -0.1) is 0 Å². The van der Waals surface area contributed by atoms with E-state index in [2.05, 4.69) is 9.97 Å². The Labute approximate surface area is 167 Å². The van der Waals surface area contributed by atoms with Crippen LogP contribution in [-0.2, 0) is 0 Å². The molecule has 0 saturated carbocycles. The number of anilines is 1. The SMILES string of the molecule is Cc1c(-c2ccc3c(c2)S(O)(O)CCN3C)c2[nH]c3ccc(F)cc3c2[nH]c1=O. The highest BCUT2D eigenvalue weighted by Crippen LogP contribution is 2.55. The van der Waals surface area contributed by atoms with Crippen molar-refractivity contribution in [3.63, 3.8) is 0 Å². The van der Waals surface area contributed by atoms with Crippen LogP contribution in [0.1, 0.15) is 5.56 Å². The number of benzene rings is 2. The van der Waals surface area contributed by atoms with Crippen LogP contribution in [0, 0.1) is 12.7 Å². The van der Waals surface area contributed by atoms with E-state index in [-0.39, 0.29) is 17.1 Å². The summed E-state index contributed by atoms with van der Waals surface area (Å²) in [5.41, 5.74) is 4.33. The molecule has 0 aliphatic carbocycles. The summed E-state index contributed by atoms with van der Waals surface area (Å²) in [5.74, 6) is -0.109. The van der Waals surface area contributed by atoms with Crippen LogP contribution in [0.4, 0.5) is 10.1 Å². The zero-order chi connectivity index (χ0) is 20.5. The van der Waals surface area contributed by atoms with Gasteiger partial charge in [0.05, 0.1) is 27.4 Å². The topological polar surface area (TPSA) is 92.3 Å². The summed E-state index contributed by atoms with van der Waals surface area (Å²) in [7, 11) is -0.987. The van der Waals surface area contributed by atoms with E-state index in [1.54, 1.807) is 19.1 Å². The second-order valence-electron chi connectivity index (χ2n) is 7.49. The Morgan fingerprint density at radius 3 is 2.69 bits per heavy atom. The Kier molecular flexibility index (Phi) is 3.83. The summed E-state index contributed by atoms with van der Waals surface area (Å²) >= 11 is 0. The maximum atomic E-state index is 13.8. The minimum absolute atomic E-state index is 0.265. The van der Waals surface area contributed by atoms with Crippen LogP contribution < -0.4 is 10.5 Å². The third-order valence-electron chi connectivity index (χ3n) is 5.69. The molecule has 0 saturated heterocycles. The van der Waals surface area contributed by atoms with Gasteiger partial charge in [-0.3, -0.25) is 13.9 Å². The van der Waals surface area contributed by atoms with Crippen molar-refractivity contribution in [2.24, 2.45) is 0 Å². The number of aromatic amines is 2. The third-order valence-corrected chi connectivity index (χ3v) is 7.47. The summed E-state index contributed by atoms with van der Waals surface area (Å²) in [6, 6.07) is 9.89. The number of nitrogens with zero attached hydrogens (tertiary/aromatic N) is 1. The molecule has 2 aromatic heterocycles. The first-order chi connectivity index (χ1) is 13.8. The highest BCUT2D eigenvalue weighted by molar-refractivity contribution is 8.24. The maximum absolute atomic E-state index is 13.8. The number of nitrogens with one attached hydrogen (secondary N) is 2. The lowest BCUT2D eigenvalue weighted by Gasteiger charge is -2.42. The zero-order valence-electron chi connectivity index (χ0n) is 15.9. The number of fused-ring (bicyclic) bond motifs is 4. The summed E-state index contributed by atoms with van der Waals surface area (Å²) in [6.45, 7) is 2.29. The molecule has 150 valence electrons. The number of hydrogen-bond donors (Lipinski definition) is 4. The van der Waals surface area contributed by atoms with Crippen LogP contribution in [0.2, 0.25) is 0 Å². The molecular weight excluding hydrogens is 393 g/mol. The fraction of sp³-hybridized carbons (Fsp3) is 0.190. The molecule has 0 unspecified atom stereocenters. The second kappa shape index (κ2) is 6.09. The van der Waals surface area contributed by atoms with Crippen molar-refractivity contribution in [3.05, 3.63) is 58.1 Å². The quantitative estimate of drug-likeness (QED) is 0.364. The second-order valence-corrected chi connectivity index (χ2v) is 9.68. The molecule has 4 N–H and O–H groups in total. The standard InChI is InChI=1S/C21H20FN3O3S/c1-11-18(12-3-6-16-17(9-12)29(27,28)8-7-25(16)2)20-19(24-21(11)26)14-10-13(22)4-5-15(14)23-20/h3-6,9-10,23,27-28H,7-8H2,1-2H3,(H,24,26). The van der Waals surface area contributed by atoms with Gasteiger partial charge in [0.2, 0.25) is 0 Å². The third kappa shape index (κ3) is 2.67. The van der Waals surface area contributed by atoms with E-state index in [4.69, 9.17) is 0 Å². The average Bonchev–Trinajstić information content (AvgIpc) is 3.03. The normalized spacial score (nSPS) is 16.9. The van der Waals surface area contributed by atoms with E-state index < -0.39 is 10.6 Å². The first-order valence-electron chi connectivity index (χ1n) is 9.21. The van der Waals surface area contributed by atoms with Gasteiger partial charge in [0.15, 0.2) is 0 Å². The summed E-state index contributed by atoms with van der Waals surface area (Å²) in [5, 5.41) is 0.598. The van der Waals surface area contributed by atoms with Crippen molar-refractivity contribution in [1.82, 2.24) is 9.97 Å². The fourth-order valence-electron chi connectivity index (χ4n) is 4.09. The van der Waals surface area contributed by atoms with Crippen molar-refractivity contribution in [3.8, 4) is 11.1 Å². The molecular formula is C21H20FN3O3S. The van der Waals surface area contributed by atoms with E-state index in [0.29, 0.717) is 50.1 Å². The largest absolute Gasteiger partial charge is 0.371 e. The van der Waals surface area contributed by atoms with Crippen LogP contribution in [0.25, 0.3) is 33.1 Å². The molecule has 1 aliphatic heterocycles. The van der Waals surface area contributed by atoms with Gasteiger partial charge in [0.1, 0.15) is 5.82 Å². The number of aromatic nitrogens is 2. The Bertz CT molecular complexity index is 1360. The number of H-pyrrole nitrogens is 2. The molecule has 0 radical (unpaired) electrons. The van der Waals surface area contributed by atoms with Gasteiger partial charge in [0, 0.05) is 35.6 Å². The van der Waals surface area contributed by atoms with Crippen molar-refractivity contribution < 1.29 is 13.5 Å².